The van der Waals surface area contributed by atoms with Gasteiger partial charge in [-0.1, -0.05) is 32.0 Å². The molecule has 0 aliphatic rings. The van der Waals surface area contributed by atoms with Crippen LogP contribution in [-0.2, 0) is 9.59 Å². The lowest BCUT2D eigenvalue weighted by atomic mass is 10.1. The number of hydrogen-bond donors (Lipinski definition) is 2. The Hall–Kier alpha value is -2.82. The van der Waals surface area contributed by atoms with Crippen LogP contribution in [0.25, 0.3) is 0 Å². The number of para-hydroxylation sites is 1. The Balaban J connectivity index is 1.87. The van der Waals surface area contributed by atoms with Crippen LogP contribution in [-0.4, -0.2) is 17.9 Å². The molecule has 0 heterocycles. The van der Waals surface area contributed by atoms with E-state index in [0.717, 1.165) is 0 Å². The highest BCUT2D eigenvalue weighted by Crippen LogP contribution is 2.16. The Morgan fingerprint density at radius 3 is 2.00 bits per heavy atom. The van der Waals surface area contributed by atoms with Gasteiger partial charge in [0.05, 0.1) is 0 Å². The van der Waals surface area contributed by atoms with E-state index in [4.69, 9.17) is 4.74 Å². The molecule has 0 spiro atoms. The molecule has 2 aromatic rings. The van der Waals surface area contributed by atoms with Crippen LogP contribution in [0.1, 0.15) is 27.2 Å². The summed E-state index contributed by atoms with van der Waals surface area (Å²) in [4.78, 5) is 23.9. The van der Waals surface area contributed by atoms with Crippen LogP contribution in [0.2, 0.25) is 0 Å². The van der Waals surface area contributed by atoms with Crippen molar-refractivity contribution in [2.24, 2.45) is 5.92 Å². The minimum absolute atomic E-state index is 0.0170. The topological polar surface area (TPSA) is 67.4 Å². The smallest absolute Gasteiger partial charge is 0.265 e. The van der Waals surface area contributed by atoms with Crippen LogP contribution >= 0.6 is 0 Å². The van der Waals surface area contributed by atoms with Crippen LogP contribution < -0.4 is 15.4 Å². The molecule has 5 heteroatoms. The normalized spacial score (nSPS) is 11.7. The maximum absolute atomic E-state index is 12.2. The third-order valence-electron chi connectivity index (χ3n) is 3.46. The van der Waals surface area contributed by atoms with E-state index in [1.54, 1.807) is 43.3 Å². The van der Waals surface area contributed by atoms with Crippen molar-refractivity contribution in [1.82, 2.24) is 0 Å². The molecule has 0 saturated carbocycles. The highest BCUT2D eigenvalue weighted by molar-refractivity contribution is 5.95. The number of hydrogen-bond acceptors (Lipinski definition) is 3. The summed E-state index contributed by atoms with van der Waals surface area (Å²) in [6.45, 7) is 5.69. The predicted molar refractivity (Wildman–Crippen MR) is 99.7 cm³/mol. The minimum atomic E-state index is -0.618. The molecule has 1 atom stereocenters. The second-order valence-electron chi connectivity index (χ2n) is 6.29. The first-order valence-electron chi connectivity index (χ1n) is 8.36. The van der Waals surface area contributed by atoms with E-state index in [1.165, 1.54) is 0 Å². The largest absolute Gasteiger partial charge is 0.481 e. The molecule has 25 heavy (non-hydrogen) atoms. The summed E-state index contributed by atoms with van der Waals surface area (Å²) in [5.41, 5.74) is 1.35. The van der Waals surface area contributed by atoms with Gasteiger partial charge in [0.1, 0.15) is 5.75 Å². The number of amides is 2. The molecule has 2 rings (SSSR count). The van der Waals surface area contributed by atoms with Crippen molar-refractivity contribution >= 4 is 23.2 Å². The van der Waals surface area contributed by atoms with Crippen molar-refractivity contribution in [1.29, 1.82) is 0 Å². The zero-order valence-electron chi connectivity index (χ0n) is 14.8. The third-order valence-corrected chi connectivity index (χ3v) is 3.46. The fourth-order valence-electron chi connectivity index (χ4n) is 2.22. The molecule has 5 nitrogen and oxygen atoms in total. The van der Waals surface area contributed by atoms with Gasteiger partial charge in [-0.2, -0.15) is 0 Å². The first-order chi connectivity index (χ1) is 11.9. The highest BCUT2D eigenvalue weighted by atomic mass is 16.5. The van der Waals surface area contributed by atoms with E-state index >= 15 is 0 Å². The molecule has 2 N–H and O–H groups in total. The average Bonchev–Trinajstić information content (AvgIpc) is 2.56. The van der Waals surface area contributed by atoms with E-state index in [0.29, 0.717) is 29.5 Å². The summed E-state index contributed by atoms with van der Waals surface area (Å²) in [6.07, 6.45) is -0.139. The summed E-state index contributed by atoms with van der Waals surface area (Å²) in [5, 5.41) is 5.63. The number of anilines is 2. The SMILES string of the molecule is CC(C)CC(=O)Nc1ccc(NC(=O)C(C)Oc2ccccc2)cc1. The van der Waals surface area contributed by atoms with Crippen LogP contribution in [0.15, 0.2) is 54.6 Å². The van der Waals surface area contributed by atoms with E-state index in [-0.39, 0.29) is 11.8 Å². The molecule has 0 aliphatic heterocycles. The summed E-state index contributed by atoms with van der Waals surface area (Å²) in [6, 6.07) is 16.2. The van der Waals surface area contributed by atoms with E-state index in [1.807, 2.05) is 32.0 Å². The van der Waals surface area contributed by atoms with Crippen molar-refractivity contribution in [2.45, 2.75) is 33.3 Å². The number of nitrogens with one attached hydrogen (secondary N) is 2. The Kier molecular flexibility index (Phi) is 6.57. The molecular weight excluding hydrogens is 316 g/mol. The standard InChI is InChI=1S/C20H24N2O3/c1-14(2)13-19(23)21-16-9-11-17(12-10-16)22-20(24)15(3)25-18-7-5-4-6-8-18/h4-12,14-15H,13H2,1-3H3,(H,21,23)(H,22,24). The zero-order chi connectivity index (χ0) is 18.2. The first-order valence-corrected chi connectivity index (χ1v) is 8.36. The summed E-state index contributed by atoms with van der Waals surface area (Å²) in [5.74, 6) is 0.704. The van der Waals surface area contributed by atoms with Crippen LogP contribution in [0, 0.1) is 5.92 Å². The van der Waals surface area contributed by atoms with Gasteiger partial charge in [0.15, 0.2) is 6.10 Å². The second kappa shape index (κ2) is 8.87. The lowest BCUT2D eigenvalue weighted by Gasteiger charge is -2.15. The molecule has 0 aromatic heterocycles. The number of carbonyl (C=O) groups excluding carboxylic acids is 2. The zero-order valence-corrected chi connectivity index (χ0v) is 14.8. The minimum Gasteiger partial charge on any atom is -0.481 e. The maximum Gasteiger partial charge on any atom is 0.265 e. The van der Waals surface area contributed by atoms with Gasteiger partial charge < -0.3 is 15.4 Å². The lowest BCUT2D eigenvalue weighted by molar-refractivity contribution is -0.122. The van der Waals surface area contributed by atoms with Gasteiger partial charge in [0, 0.05) is 17.8 Å². The van der Waals surface area contributed by atoms with Gasteiger partial charge in [-0.15, -0.1) is 0 Å². The van der Waals surface area contributed by atoms with Crippen LogP contribution in [0.3, 0.4) is 0 Å². The fourth-order valence-corrected chi connectivity index (χ4v) is 2.22. The molecule has 0 bridgehead atoms. The molecular formula is C20H24N2O3. The van der Waals surface area contributed by atoms with Crippen LogP contribution in [0.5, 0.6) is 5.75 Å². The van der Waals surface area contributed by atoms with Gasteiger partial charge >= 0.3 is 0 Å². The molecule has 0 radical (unpaired) electrons. The summed E-state index contributed by atoms with van der Waals surface area (Å²) < 4.78 is 5.59. The van der Waals surface area contributed by atoms with Crippen molar-refractivity contribution in [2.75, 3.05) is 10.6 Å². The first kappa shape index (κ1) is 18.5. The predicted octanol–water partition coefficient (Wildman–Crippen LogP) is 4.08. The molecule has 2 amide bonds. The van der Waals surface area contributed by atoms with Crippen molar-refractivity contribution in [3.63, 3.8) is 0 Å². The second-order valence-corrected chi connectivity index (χ2v) is 6.29. The molecule has 0 saturated heterocycles. The molecule has 0 aliphatic carbocycles. The lowest BCUT2D eigenvalue weighted by Crippen LogP contribution is -2.30. The fraction of sp³-hybridized carbons (Fsp3) is 0.300. The average molecular weight is 340 g/mol. The van der Waals surface area contributed by atoms with Gasteiger partial charge in [-0.05, 0) is 49.2 Å². The Morgan fingerprint density at radius 2 is 1.44 bits per heavy atom. The number of ether oxygens (including phenoxy) is 1. The van der Waals surface area contributed by atoms with Crippen LogP contribution in [0.4, 0.5) is 11.4 Å². The number of rotatable bonds is 7. The van der Waals surface area contributed by atoms with Gasteiger partial charge in [-0.25, -0.2) is 0 Å². The Labute approximate surface area is 148 Å². The molecule has 0 fully saturated rings. The molecule has 132 valence electrons. The van der Waals surface area contributed by atoms with E-state index < -0.39 is 6.10 Å². The molecule has 1 unspecified atom stereocenters. The van der Waals surface area contributed by atoms with E-state index in [9.17, 15) is 9.59 Å². The Morgan fingerprint density at radius 1 is 0.880 bits per heavy atom. The number of carbonyl (C=O) groups is 2. The maximum atomic E-state index is 12.2. The van der Waals surface area contributed by atoms with Crippen molar-refractivity contribution in [3.8, 4) is 5.75 Å². The highest BCUT2D eigenvalue weighted by Gasteiger charge is 2.14. The van der Waals surface area contributed by atoms with Gasteiger partial charge in [0.25, 0.3) is 5.91 Å². The molecule has 2 aromatic carbocycles. The van der Waals surface area contributed by atoms with Gasteiger partial charge in [-0.3, -0.25) is 9.59 Å². The van der Waals surface area contributed by atoms with Gasteiger partial charge in [0.2, 0.25) is 5.91 Å². The van der Waals surface area contributed by atoms with Crippen molar-refractivity contribution in [3.05, 3.63) is 54.6 Å². The Bertz CT molecular complexity index is 697. The monoisotopic (exact) mass is 340 g/mol. The summed E-state index contributed by atoms with van der Waals surface area (Å²) >= 11 is 0. The van der Waals surface area contributed by atoms with E-state index in [2.05, 4.69) is 10.6 Å². The van der Waals surface area contributed by atoms with Crippen molar-refractivity contribution < 1.29 is 14.3 Å². The summed E-state index contributed by atoms with van der Waals surface area (Å²) in [7, 11) is 0. The third kappa shape index (κ3) is 6.30. The number of benzene rings is 2. The quantitative estimate of drug-likeness (QED) is 0.798.